The van der Waals surface area contributed by atoms with Crippen molar-refractivity contribution in [2.45, 2.75) is 64.0 Å². The Bertz CT molecular complexity index is 1350. The normalized spacial score (nSPS) is 13.4. The number of benzene rings is 3. The number of nitrogens with one attached hydrogen (secondary N) is 1. The van der Waals surface area contributed by atoms with Gasteiger partial charge in [0.25, 0.3) is 5.91 Å². The molecule has 3 aromatic carbocycles. The summed E-state index contributed by atoms with van der Waals surface area (Å²) in [6.45, 7) is 3.29. The number of carbonyl (C=O) groups is 1. The molecule has 3 aromatic rings. The van der Waals surface area contributed by atoms with Gasteiger partial charge >= 0.3 is 19.2 Å². The topological polar surface area (TPSA) is 84.9 Å². The van der Waals surface area contributed by atoms with Crippen LogP contribution in [-0.2, 0) is 15.0 Å². The van der Waals surface area contributed by atoms with Crippen molar-refractivity contribution in [2.75, 3.05) is 18.5 Å². The fourth-order valence-corrected chi connectivity index (χ4v) is 5.30. The van der Waals surface area contributed by atoms with Gasteiger partial charge < -0.3 is 19.5 Å². The predicted molar refractivity (Wildman–Crippen MR) is 155 cm³/mol. The van der Waals surface area contributed by atoms with Gasteiger partial charge in [0.2, 0.25) is 0 Å². The molecule has 0 bridgehead atoms. The van der Waals surface area contributed by atoms with Crippen LogP contribution in [0.3, 0.4) is 0 Å². The van der Waals surface area contributed by atoms with Crippen molar-refractivity contribution in [1.29, 1.82) is 0 Å². The van der Waals surface area contributed by atoms with E-state index in [1.165, 1.54) is 25.7 Å². The Morgan fingerprint density at radius 3 is 2.12 bits per heavy atom. The molecule has 42 heavy (non-hydrogen) atoms. The van der Waals surface area contributed by atoms with E-state index < -0.39 is 37.3 Å². The van der Waals surface area contributed by atoms with Crippen LogP contribution >= 0.6 is 7.60 Å². The smallest absolute Gasteiger partial charge is 0.411 e. The van der Waals surface area contributed by atoms with Gasteiger partial charge in [-0.2, -0.15) is 17.6 Å². The van der Waals surface area contributed by atoms with E-state index >= 15 is 0 Å². The maximum Gasteiger partial charge on any atom is 0.411 e. The molecule has 0 heterocycles. The van der Waals surface area contributed by atoms with E-state index in [1.807, 2.05) is 24.3 Å². The lowest BCUT2D eigenvalue weighted by molar-refractivity contribution is -0.176. The third-order valence-electron chi connectivity index (χ3n) is 6.65. The highest BCUT2D eigenvalue weighted by atomic mass is 31.2. The Labute approximate surface area is 243 Å². The van der Waals surface area contributed by atoms with E-state index in [0.29, 0.717) is 29.9 Å². The molecule has 0 aliphatic heterocycles. The molecule has 11 heteroatoms. The summed E-state index contributed by atoms with van der Waals surface area (Å²) < 4.78 is 79.3. The average molecular weight is 610 g/mol. The van der Waals surface area contributed by atoms with Gasteiger partial charge in [0.15, 0.2) is 0 Å². The van der Waals surface area contributed by atoms with Gasteiger partial charge in [0.05, 0.1) is 13.2 Å². The van der Waals surface area contributed by atoms with Crippen molar-refractivity contribution in [2.24, 2.45) is 0 Å². The fourth-order valence-electron chi connectivity index (χ4n) is 4.30. The summed E-state index contributed by atoms with van der Waals surface area (Å²) in [7, 11) is -5.97. The number of unbranched alkanes of at least 4 members (excludes halogenated alkanes) is 5. The second kappa shape index (κ2) is 14.8. The van der Waals surface area contributed by atoms with E-state index in [4.69, 9.17) is 4.74 Å². The zero-order chi connectivity index (χ0) is 30.8. The van der Waals surface area contributed by atoms with Crippen molar-refractivity contribution in [3.63, 3.8) is 0 Å². The molecule has 1 amide bonds. The Kier molecular flexibility index (Phi) is 11.7. The van der Waals surface area contributed by atoms with Crippen LogP contribution in [0.1, 0.15) is 68.3 Å². The first-order chi connectivity index (χ1) is 19.9. The van der Waals surface area contributed by atoms with Crippen LogP contribution in [0.5, 0.6) is 5.75 Å². The van der Waals surface area contributed by atoms with Crippen LogP contribution in [0.25, 0.3) is 11.1 Å². The molecule has 0 saturated carbocycles. The molecule has 0 aliphatic carbocycles. The molecule has 0 aromatic heterocycles. The lowest BCUT2D eigenvalue weighted by Gasteiger charge is -2.29. The zero-order valence-electron chi connectivity index (χ0n) is 23.6. The van der Waals surface area contributed by atoms with Crippen LogP contribution in [0.2, 0.25) is 0 Å². The Balaban J connectivity index is 1.67. The van der Waals surface area contributed by atoms with Gasteiger partial charge in [-0.3, -0.25) is 9.36 Å². The van der Waals surface area contributed by atoms with Gasteiger partial charge in [-0.05, 0) is 54.8 Å². The van der Waals surface area contributed by atoms with E-state index in [9.17, 15) is 31.8 Å². The quantitative estimate of drug-likeness (QED) is 0.0961. The summed E-state index contributed by atoms with van der Waals surface area (Å²) in [5, 5.41) is 2.58. The number of hydrogen-bond donors (Lipinski definition) is 2. The first-order valence-corrected chi connectivity index (χ1v) is 15.5. The largest absolute Gasteiger partial charge is 0.494 e. The van der Waals surface area contributed by atoms with Crippen LogP contribution in [0, 0.1) is 0 Å². The standard InChI is InChI=1S/C31H36F4NO5P/c1-3-5-6-7-8-11-22-40-26-20-14-23(15-21-26)27-12-9-10-13-28(27)29(37)36-25-18-16-24(17-19-25)30(32,33)31(34,35)42(38,39)41-4-2/h9-10,12-21H,3-8,11,22H2,1-2H3,(H,36,37)(H,38,39). The number of carbonyl (C=O) groups excluding carboxylic acids is 1. The minimum absolute atomic E-state index is 0.0631. The lowest BCUT2D eigenvalue weighted by atomic mass is 9.99. The van der Waals surface area contributed by atoms with Gasteiger partial charge in [-0.25, -0.2) is 0 Å². The SMILES string of the molecule is CCCCCCCCOc1ccc(-c2ccccc2C(=O)Nc2ccc(C(F)(F)C(F)(F)P(=O)(O)OCC)cc2)cc1. The maximum atomic E-state index is 14.6. The lowest BCUT2D eigenvalue weighted by Crippen LogP contribution is -2.38. The molecule has 0 radical (unpaired) electrons. The number of anilines is 1. The molecule has 6 nitrogen and oxygen atoms in total. The maximum absolute atomic E-state index is 14.6. The number of rotatable bonds is 16. The minimum Gasteiger partial charge on any atom is -0.494 e. The van der Waals surface area contributed by atoms with Gasteiger partial charge in [-0.1, -0.05) is 81.5 Å². The summed E-state index contributed by atoms with van der Waals surface area (Å²) in [6.07, 6.45) is 6.99. The monoisotopic (exact) mass is 609 g/mol. The summed E-state index contributed by atoms with van der Waals surface area (Å²) in [6, 6.07) is 17.5. The second-order valence-corrected chi connectivity index (χ2v) is 11.6. The Hall–Kier alpha value is -3.20. The molecule has 0 saturated heterocycles. The number of ether oxygens (including phenoxy) is 1. The van der Waals surface area contributed by atoms with Crippen molar-refractivity contribution < 1.29 is 41.1 Å². The molecular formula is C31H36F4NO5P. The highest BCUT2D eigenvalue weighted by Crippen LogP contribution is 2.66. The Morgan fingerprint density at radius 1 is 0.857 bits per heavy atom. The van der Waals surface area contributed by atoms with Gasteiger partial charge in [0, 0.05) is 16.8 Å². The third kappa shape index (κ3) is 8.00. The molecule has 0 spiro atoms. The zero-order valence-corrected chi connectivity index (χ0v) is 24.5. The van der Waals surface area contributed by atoms with Crippen LogP contribution in [0.4, 0.5) is 23.2 Å². The Morgan fingerprint density at radius 2 is 1.48 bits per heavy atom. The molecule has 0 aliphatic rings. The number of alkyl halides is 4. The molecule has 1 atom stereocenters. The predicted octanol–water partition coefficient (Wildman–Crippen LogP) is 9.25. The van der Waals surface area contributed by atoms with Crippen LogP contribution in [0.15, 0.2) is 72.8 Å². The summed E-state index contributed by atoms with van der Waals surface area (Å²) >= 11 is 0. The molecule has 2 N–H and O–H groups in total. The molecule has 1 unspecified atom stereocenters. The number of hydrogen-bond acceptors (Lipinski definition) is 4. The van der Waals surface area contributed by atoms with Crippen molar-refractivity contribution >= 4 is 19.2 Å². The highest BCUT2D eigenvalue weighted by Gasteiger charge is 2.69. The summed E-state index contributed by atoms with van der Waals surface area (Å²) in [5.41, 5.74) is -4.83. The van der Waals surface area contributed by atoms with Crippen molar-refractivity contribution in [3.05, 3.63) is 83.9 Å². The van der Waals surface area contributed by atoms with Crippen LogP contribution < -0.4 is 10.1 Å². The minimum atomic E-state index is -5.97. The summed E-state index contributed by atoms with van der Waals surface area (Å²) in [4.78, 5) is 22.5. The average Bonchev–Trinajstić information content (AvgIpc) is 2.97. The molecular weight excluding hydrogens is 573 g/mol. The van der Waals surface area contributed by atoms with Crippen molar-refractivity contribution in [3.8, 4) is 16.9 Å². The first kappa shape index (κ1) is 33.3. The van der Waals surface area contributed by atoms with Gasteiger partial charge in [0.1, 0.15) is 5.75 Å². The number of amides is 1. The fraction of sp³-hybridized carbons (Fsp3) is 0.387. The molecule has 228 valence electrons. The molecule has 3 rings (SSSR count). The summed E-state index contributed by atoms with van der Waals surface area (Å²) in [5.74, 6) is -4.84. The van der Waals surface area contributed by atoms with E-state index in [2.05, 4.69) is 16.8 Å². The van der Waals surface area contributed by atoms with Crippen LogP contribution in [-0.4, -0.2) is 29.7 Å². The van der Waals surface area contributed by atoms with E-state index in [0.717, 1.165) is 43.2 Å². The van der Waals surface area contributed by atoms with E-state index in [-0.39, 0.29) is 5.69 Å². The highest BCUT2D eigenvalue weighted by molar-refractivity contribution is 7.54. The number of halogens is 4. The second-order valence-electron chi connectivity index (χ2n) is 9.77. The van der Waals surface area contributed by atoms with Crippen molar-refractivity contribution in [1.82, 2.24) is 0 Å². The molecule has 0 fully saturated rings. The van der Waals surface area contributed by atoms with E-state index in [1.54, 1.807) is 24.3 Å². The first-order valence-electron chi connectivity index (χ1n) is 13.9. The third-order valence-corrected chi connectivity index (χ3v) is 8.24. The van der Waals surface area contributed by atoms with Gasteiger partial charge in [-0.15, -0.1) is 0 Å².